The Kier molecular flexibility index (Phi) is 5.68. The minimum atomic E-state index is -0.821. The summed E-state index contributed by atoms with van der Waals surface area (Å²) in [6.45, 7) is 0. The Morgan fingerprint density at radius 1 is 0.931 bits per heavy atom. The lowest BCUT2D eigenvalue weighted by atomic mass is 10.1. The molecule has 1 aromatic heterocycles. The van der Waals surface area contributed by atoms with Crippen LogP contribution in [0.3, 0.4) is 0 Å². The van der Waals surface area contributed by atoms with E-state index in [-0.39, 0.29) is 6.42 Å². The van der Waals surface area contributed by atoms with Crippen molar-refractivity contribution in [3.63, 3.8) is 0 Å². The summed E-state index contributed by atoms with van der Waals surface area (Å²) in [5.41, 5.74) is 2.78. The number of hydrogen-bond donors (Lipinski definition) is 1. The van der Waals surface area contributed by atoms with Crippen molar-refractivity contribution < 1.29 is 14.6 Å². The number of benzene rings is 3. The molecule has 0 fully saturated rings. The Morgan fingerprint density at radius 3 is 2.48 bits per heavy atom. The lowest BCUT2D eigenvalue weighted by molar-refractivity contribution is -0.136. The largest absolute Gasteiger partial charge is 0.481 e. The van der Waals surface area contributed by atoms with Gasteiger partial charge in [-0.1, -0.05) is 42.5 Å². The standard InChI is InChI=1S/C24H19NO3S/c26-23(27)14-13-18(24-25-21-11-4-5-12-22(21)29-24)15-17-7-6-10-20(16-17)28-19-8-2-1-3-9-19/h1-12,15-16H,13-14H2,(H,26,27)/b18-15+. The van der Waals surface area contributed by atoms with E-state index in [1.165, 1.54) is 0 Å². The zero-order chi connectivity index (χ0) is 20.1. The predicted octanol–water partition coefficient (Wildman–Crippen LogP) is 6.49. The summed E-state index contributed by atoms with van der Waals surface area (Å²) in [6.07, 6.45) is 2.47. The van der Waals surface area contributed by atoms with Gasteiger partial charge in [0.05, 0.1) is 10.2 Å². The van der Waals surface area contributed by atoms with Crippen molar-refractivity contribution >= 4 is 39.2 Å². The number of nitrogens with zero attached hydrogens (tertiary/aromatic N) is 1. The molecule has 0 aliphatic rings. The number of fused-ring (bicyclic) bond motifs is 1. The summed E-state index contributed by atoms with van der Waals surface area (Å²) in [4.78, 5) is 15.9. The number of thiazole rings is 1. The highest BCUT2D eigenvalue weighted by Crippen LogP contribution is 2.32. The maximum Gasteiger partial charge on any atom is 0.303 e. The molecule has 0 bridgehead atoms. The number of rotatable bonds is 7. The molecule has 0 unspecified atom stereocenters. The third-order valence-corrected chi connectivity index (χ3v) is 5.47. The fraction of sp³-hybridized carbons (Fsp3) is 0.0833. The zero-order valence-electron chi connectivity index (χ0n) is 15.6. The SMILES string of the molecule is O=C(O)CC/C(=C\c1cccc(Oc2ccccc2)c1)c1nc2ccccc2s1. The average Bonchev–Trinajstić information content (AvgIpc) is 3.16. The van der Waals surface area contributed by atoms with Gasteiger partial charge in [0.1, 0.15) is 16.5 Å². The molecule has 0 atom stereocenters. The molecule has 4 rings (SSSR count). The van der Waals surface area contributed by atoms with Crippen LogP contribution in [0.25, 0.3) is 21.9 Å². The molecule has 0 amide bonds. The molecule has 5 heteroatoms. The van der Waals surface area contributed by atoms with Crippen LogP contribution in [-0.4, -0.2) is 16.1 Å². The summed E-state index contributed by atoms with van der Waals surface area (Å²) in [5, 5.41) is 10.0. The third-order valence-electron chi connectivity index (χ3n) is 4.35. The molecule has 144 valence electrons. The lowest BCUT2D eigenvalue weighted by Gasteiger charge is -2.07. The second-order valence-corrected chi connectivity index (χ2v) is 7.57. The fourth-order valence-corrected chi connectivity index (χ4v) is 3.99. The van der Waals surface area contributed by atoms with Crippen LogP contribution < -0.4 is 4.74 Å². The molecule has 3 aromatic carbocycles. The fourth-order valence-electron chi connectivity index (χ4n) is 2.99. The summed E-state index contributed by atoms with van der Waals surface area (Å²) in [7, 11) is 0. The first-order valence-electron chi connectivity index (χ1n) is 9.29. The quantitative estimate of drug-likeness (QED) is 0.384. The number of ether oxygens (including phenoxy) is 1. The zero-order valence-corrected chi connectivity index (χ0v) is 16.4. The van der Waals surface area contributed by atoms with Crippen LogP contribution in [0, 0.1) is 0 Å². The maximum atomic E-state index is 11.2. The highest BCUT2D eigenvalue weighted by atomic mass is 32.1. The van der Waals surface area contributed by atoms with E-state index in [0.29, 0.717) is 6.42 Å². The van der Waals surface area contributed by atoms with Gasteiger partial charge in [0.15, 0.2) is 0 Å². The number of carboxylic acids is 1. The Balaban J connectivity index is 1.66. The molecular weight excluding hydrogens is 382 g/mol. The minimum Gasteiger partial charge on any atom is -0.481 e. The van der Waals surface area contributed by atoms with E-state index in [4.69, 9.17) is 14.8 Å². The van der Waals surface area contributed by atoms with Gasteiger partial charge in [-0.15, -0.1) is 11.3 Å². The van der Waals surface area contributed by atoms with Crippen LogP contribution in [0.5, 0.6) is 11.5 Å². The van der Waals surface area contributed by atoms with Gasteiger partial charge in [-0.25, -0.2) is 4.98 Å². The molecule has 4 nitrogen and oxygen atoms in total. The molecule has 0 saturated heterocycles. The van der Waals surface area contributed by atoms with Crippen molar-refractivity contribution in [2.45, 2.75) is 12.8 Å². The van der Waals surface area contributed by atoms with E-state index in [2.05, 4.69) is 0 Å². The Hall–Kier alpha value is -3.44. The van der Waals surface area contributed by atoms with Crippen molar-refractivity contribution in [2.24, 2.45) is 0 Å². The number of allylic oxidation sites excluding steroid dienone is 1. The molecule has 0 radical (unpaired) electrons. The third kappa shape index (κ3) is 4.89. The molecule has 1 N–H and O–H groups in total. The lowest BCUT2D eigenvalue weighted by Crippen LogP contribution is -1.95. The van der Waals surface area contributed by atoms with Gasteiger partial charge >= 0.3 is 5.97 Å². The van der Waals surface area contributed by atoms with Crippen molar-refractivity contribution in [3.8, 4) is 11.5 Å². The van der Waals surface area contributed by atoms with Gasteiger partial charge in [-0.3, -0.25) is 4.79 Å². The van der Waals surface area contributed by atoms with Gasteiger partial charge in [-0.05, 0) is 60.0 Å². The first-order valence-corrected chi connectivity index (χ1v) is 10.1. The van der Waals surface area contributed by atoms with Crippen molar-refractivity contribution in [2.75, 3.05) is 0 Å². The molecule has 1 heterocycles. The van der Waals surface area contributed by atoms with E-state index >= 15 is 0 Å². The van der Waals surface area contributed by atoms with E-state index in [1.54, 1.807) is 11.3 Å². The number of carboxylic acid groups (broad SMARTS) is 1. The molecule has 0 aliphatic heterocycles. The van der Waals surface area contributed by atoms with Crippen LogP contribution in [-0.2, 0) is 4.79 Å². The van der Waals surface area contributed by atoms with Crippen molar-refractivity contribution in [1.29, 1.82) is 0 Å². The Morgan fingerprint density at radius 2 is 1.69 bits per heavy atom. The van der Waals surface area contributed by atoms with Crippen LogP contribution >= 0.6 is 11.3 Å². The van der Waals surface area contributed by atoms with E-state index < -0.39 is 5.97 Å². The van der Waals surface area contributed by atoms with E-state index in [9.17, 15) is 4.79 Å². The highest BCUT2D eigenvalue weighted by Gasteiger charge is 2.11. The molecular formula is C24H19NO3S. The molecule has 0 aliphatic carbocycles. The molecule has 0 spiro atoms. The maximum absolute atomic E-state index is 11.2. The summed E-state index contributed by atoms with van der Waals surface area (Å²) < 4.78 is 7.00. The van der Waals surface area contributed by atoms with Crippen LogP contribution in [0.4, 0.5) is 0 Å². The number of aliphatic carboxylic acids is 1. The van der Waals surface area contributed by atoms with Gasteiger partial charge in [0, 0.05) is 6.42 Å². The van der Waals surface area contributed by atoms with Gasteiger partial charge in [0.2, 0.25) is 0 Å². The normalized spacial score (nSPS) is 11.5. The average molecular weight is 401 g/mol. The predicted molar refractivity (Wildman–Crippen MR) is 117 cm³/mol. The van der Waals surface area contributed by atoms with Crippen molar-refractivity contribution in [3.05, 3.63) is 89.4 Å². The number of carbonyl (C=O) groups is 1. The molecule has 0 saturated carbocycles. The topological polar surface area (TPSA) is 59.4 Å². The van der Waals surface area contributed by atoms with Gasteiger partial charge in [0.25, 0.3) is 0 Å². The smallest absolute Gasteiger partial charge is 0.303 e. The second kappa shape index (κ2) is 8.71. The van der Waals surface area contributed by atoms with Gasteiger partial charge in [-0.2, -0.15) is 0 Å². The van der Waals surface area contributed by atoms with Crippen molar-refractivity contribution in [1.82, 2.24) is 4.98 Å². The first kappa shape index (κ1) is 18.9. The summed E-state index contributed by atoms with van der Waals surface area (Å²) in [5.74, 6) is 0.677. The van der Waals surface area contributed by atoms with Crippen LogP contribution in [0.2, 0.25) is 0 Å². The molecule has 29 heavy (non-hydrogen) atoms. The molecule has 4 aromatic rings. The van der Waals surface area contributed by atoms with E-state index in [1.807, 2.05) is 84.9 Å². The minimum absolute atomic E-state index is 0.0575. The van der Waals surface area contributed by atoms with E-state index in [0.717, 1.165) is 37.9 Å². The number of hydrogen-bond acceptors (Lipinski definition) is 4. The van der Waals surface area contributed by atoms with Crippen LogP contribution in [0.15, 0.2) is 78.9 Å². The second-order valence-electron chi connectivity index (χ2n) is 6.54. The summed E-state index contributed by atoms with van der Waals surface area (Å²) >= 11 is 1.58. The monoisotopic (exact) mass is 401 g/mol. The Labute approximate surface area is 172 Å². The highest BCUT2D eigenvalue weighted by molar-refractivity contribution is 7.19. The first-order chi connectivity index (χ1) is 14.2. The van der Waals surface area contributed by atoms with Crippen LogP contribution in [0.1, 0.15) is 23.4 Å². The number of para-hydroxylation sites is 2. The Bertz CT molecular complexity index is 1130. The number of aromatic nitrogens is 1. The van der Waals surface area contributed by atoms with Gasteiger partial charge < -0.3 is 9.84 Å². The summed E-state index contributed by atoms with van der Waals surface area (Å²) in [6, 6.07) is 25.3.